The normalized spacial score (nSPS) is 14.1. The number of hydrogen-bond acceptors (Lipinski definition) is 5. The van der Waals surface area contributed by atoms with Crippen LogP contribution in [0, 0.1) is 0 Å². The lowest BCUT2D eigenvalue weighted by molar-refractivity contribution is -0.150. The molecule has 0 radical (unpaired) electrons. The van der Waals surface area contributed by atoms with Crippen molar-refractivity contribution in [1.82, 2.24) is 5.32 Å². The number of esters is 1. The minimum absolute atomic E-state index is 0.00665. The molecule has 0 aromatic rings. The van der Waals surface area contributed by atoms with E-state index in [1.54, 1.807) is 0 Å². The van der Waals surface area contributed by atoms with E-state index in [0.29, 0.717) is 19.3 Å². The van der Waals surface area contributed by atoms with Crippen LogP contribution in [0.25, 0.3) is 0 Å². The van der Waals surface area contributed by atoms with Gasteiger partial charge in [-0.25, -0.2) is 0 Å². The summed E-state index contributed by atoms with van der Waals surface area (Å²) in [7, 11) is 0. The molecule has 0 spiro atoms. The first-order valence-corrected chi connectivity index (χ1v) is 22.7. The Balaban J connectivity index is 4.80. The van der Waals surface area contributed by atoms with Gasteiger partial charge in [0.2, 0.25) is 5.91 Å². The average molecular weight is 768 g/mol. The van der Waals surface area contributed by atoms with Crippen LogP contribution in [0.2, 0.25) is 0 Å². The first-order chi connectivity index (χ1) is 27.0. The molecule has 0 bridgehead atoms. The summed E-state index contributed by atoms with van der Waals surface area (Å²) in [6, 6.07) is -0.733. The van der Waals surface area contributed by atoms with Crippen LogP contribution in [-0.4, -0.2) is 46.9 Å². The molecule has 0 aliphatic carbocycles. The number of amides is 1. The third-order valence-electron chi connectivity index (χ3n) is 9.77. The first-order valence-electron chi connectivity index (χ1n) is 22.7. The monoisotopic (exact) mass is 768 g/mol. The minimum atomic E-state index is -0.813. The molecule has 0 aliphatic rings. The van der Waals surface area contributed by atoms with Crippen molar-refractivity contribution < 1.29 is 24.5 Å². The molecular weight excluding hydrogens is 683 g/mol. The van der Waals surface area contributed by atoms with Crippen LogP contribution >= 0.6 is 0 Å². The Kier molecular flexibility index (Phi) is 40.4. The lowest BCUT2D eigenvalue weighted by atomic mass is 10.0. The van der Waals surface area contributed by atoms with E-state index in [-0.39, 0.29) is 24.9 Å². The van der Waals surface area contributed by atoms with Gasteiger partial charge < -0.3 is 20.3 Å². The zero-order chi connectivity index (χ0) is 40.3. The predicted octanol–water partition coefficient (Wildman–Crippen LogP) is 13.1. The van der Waals surface area contributed by atoms with Gasteiger partial charge in [-0.1, -0.05) is 190 Å². The molecule has 3 N–H and O–H groups in total. The number of hydrogen-bond donors (Lipinski definition) is 3. The zero-order valence-electron chi connectivity index (χ0n) is 35.8. The molecule has 0 heterocycles. The number of aliphatic hydroxyl groups excluding tert-OH is 2. The number of unbranched alkanes of at least 4 members (excludes halogenated alkanes) is 16. The van der Waals surface area contributed by atoms with E-state index in [1.807, 2.05) is 12.2 Å². The second kappa shape index (κ2) is 42.4. The highest BCUT2D eigenvalue weighted by Crippen LogP contribution is 2.15. The van der Waals surface area contributed by atoms with Crippen LogP contribution in [0.5, 0.6) is 0 Å². The van der Waals surface area contributed by atoms with Crippen molar-refractivity contribution in [3.63, 3.8) is 0 Å². The number of aliphatic hydroxyl groups is 2. The van der Waals surface area contributed by atoms with Gasteiger partial charge in [-0.3, -0.25) is 9.59 Å². The highest BCUT2D eigenvalue weighted by atomic mass is 16.5. The summed E-state index contributed by atoms with van der Waals surface area (Å²) in [5, 5.41) is 23.6. The molecule has 55 heavy (non-hydrogen) atoms. The fourth-order valence-electron chi connectivity index (χ4n) is 6.31. The van der Waals surface area contributed by atoms with Crippen LogP contribution in [0.4, 0.5) is 0 Å². The van der Waals surface area contributed by atoms with Crippen LogP contribution in [-0.2, 0) is 14.3 Å². The van der Waals surface area contributed by atoms with Crippen molar-refractivity contribution in [2.45, 2.75) is 219 Å². The number of nitrogens with one attached hydrogen (secondary N) is 1. The van der Waals surface area contributed by atoms with Crippen LogP contribution in [0.1, 0.15) is 201 Å². The van der Waals surface area contributed by atoms with E-state index in [9.17, 15) is 19.8 Å². The molecule has 0 saturated heterocycles. The number of allylic oxidation sites excluding steroid dienone is 11. The molecule has 3 atom stereocenters. The average Bonchev–Trinajstić information content (AvgIpc) is 3.18. The molecule has 6 heteroatoms. The molecule has 1 amide bonds. The Labute approximate surface area is 339 Å². The highest BCUT2D eigenvalue weighted by molar-refractivity contribution is 5.77. The highest BCUT2D eigenvalue weighted by Gasteiger charge is 2.23. The second-order valence-electron chi connectivity index (χ2n) is 15.1. The van der Waals surface area contributed by atoms with E-state index in [0.717, 1.165) is 83.5 Å². The van der Waals surface area contributed by atoms with Gasteiger partial charge in [0, 0.05) is 12.8 Å². The summed E-state index contributed by atoms with van der Waals surface area (Å²) in [6.07, 6.45) is 52.6. The first kappa shape index (κ1) is 52.3. The molecule has 3 unspecified atom stereocenters. The van der Waals surface area contributed by atoms with Gasteiger partial charge in [0.25, 0.3) is 0 Å². The van der Waals surface area contributed by atoms with Gasteiger partial charge in [-0.2, -0.15) is 0 Å². The van der Waals surface area contributed by atoms with Crippen molar-refractivity contribution >= 4 is 11.9 Å². The molecule has 0 aromatic heterocycles. The van der Waals surface area contributed by atoms with E-state index in [1.165, 1.54) is 70.6 Å². The summed E-state index contributed by atoms with van der Waals surface area (Å²) in [4.78, 5) is 25.9. The zero-order valence-corrected chi connectivity index (χ0v) is 35.8. The maximum Gasteiger partial charge on any atom is 0.306 e. The van der Waals surface area contributed by atoms with E-state index in [2.05, 4.69) is 86.8 Å². The summed E-state index contributed by atoms with van der Waals surface area (Å²) in [6.45, 7) is 6.26. The van der Waals surface area contributed by atoms with E-state index >= 15 is 0 Å². The predicted molar refractivity (Wildman–Crippen MR) is 236 cm³/mol. The number of carbonyl (C=O) groups is 2. The van der Waals surface area contributed by atoms with E-state index < -0.39 is 18.2 Å². The molecule has 0 saturated carbocycles. The Morgan fingerprint density at radius 2 is 1.04 bits per heavy atom. The Morgan fingerprint density at radius 1 is 0.564 bits per heavy atom. The van der Waals surface area contributed by atoms with E-state index in [4.69, 9.17) is 4.74 Å². The quantitative estimate of drug-likeness (QED) is 0.0329. The van der Waals surface area contributed by atoms with Crippen molar-refractivity contribution in [3.8, 4) is 0 Å². The smallest absolute Gasteiger partial charge is 0.306 e. The van der Waals surface area contributed by atoms with Gasteiger partial charge in [-0.15, -0.1) is 0 Å². The van der Waals surface area contributed by atoms with Crippen molar-refractivity contribution in [1.29, 1.82) is 0 Å². The Hall–Kier alpha value is -2.70. The third-order valence-corrected chi connectivity index (χ3v) is 9.77. The Morgan fingerprint density at radius 3 is 1.58 bits per heavy atom. The minimum Gasteiger partial charge on any atom is -0.461 e. The fourth-order valence-corrected chi connectivity index (χ4v) is 6.31. The largest absolute Gasteiger partial charge is 0.461 e. The van der Waals surface area contributed by atoms with Gasteiger partial charge in [0.15, 0.2) is 0 Å². The molecule has 0 fully saturated rings. The van der Waals surface area contributed by atoms with Crippen LogP contribution < -0.4 is 5.32 Å². The summed E-state index contributed by atoms with van der Waals surface area (Å²) in [5.41, 5.74) is 0. The summed E-state index contributed by atoms with van der Waals surface area (Å²) in [5.74, 6) is -0.598. The third kappa shape index (κ3) is 38.0. The van der Waals surface area contributed by atoms with Crippen LogP contribution in [0.15, 0.2) is 72.9 Å². The number of ether oxygens (including phenoxy) is 1. The fraction of sp³-hybridized carbons (Fsp3) is 0.714. The van der Waals surface area contributed by atoms with Gasteiger partial charge in [-0.05, 0) is 64.2 Å². The Bertz CT molecular complexity index is 1040. The SMILES string of the molecule is CC/C=C\C/C=C\C/C=C\C/C=C\C/C=C\CC(CC(=O)NC(CO)C(O)CCCCCCCCCCCC)OC(=O)CCCCCCC/C=C\CCCC. The molecule has 6 nitrogen and oxygen atoms in total. The maximum absolute atomic E-state index is 13.1. The maximum atomic E-state index is 13.1. The number of carbonyl (C=O) groups excluding carboxylic acids is 2. The van der Waals surface area contributed by atoms with Gasteiger partial charge in [0.05, 0.1) is 25.2 Å². The summed E-state index contributed by atoms with van der Waals surface area (Å²) >= 11 is 0. The van der Waals surface area contributed by atoms with Crippen molar-refractivity contribution in [2.24, 2.45) is 0 Å². The standard InChI is InChI=1S/C49H85NO5/c1-4-7-10-13-16-19-22-23-24-25-27-28-31-34-37-40-45(55-49(54)42-39-36-33-30-26-20-17-14-11-8-5-2)43-48(53)50-46(44-51)47(52)41-38-35-32-29-21-18-15-12-9-6-3/h7,10,14,16-17,19,23-24,27-28,34,37,45-47,51-52H,4-6,8-9,11-13,15,18,20-22,25-26,29-33,35-36,38-44H2,1-3H3,(H,50,53)/b10-7-,17-14-,19-16-,24-23-,28-27-,37-34-. The van der Waals surface area contributed by atoms with Gasteiger partial charge in [0.1, 0.15) is 6.10 Å². The molecule has 0 aliphatic heterocycles. The van der Waals surface area contributed by atoms with Crippen molar-refractivity contribution in [3.05, 3.63) is 72.9 Å². The molecule has 316 valence electrons. The number of rotatable bonds is 39. The van der Waals surface area contributed by atoms with Crippen molar-refractivity contribution in [2.75, 3.05) is 6.61 Å². The van der Waals surface area contributed by atoms with Gasteiger partial charge >= 0.3 is 5.97 Å². The lowest BCUT2D eigenvalue weighted by Crippen LogP contribution is -2.46. The summed E-state index contributed by atoms with van der Waals surface area (Å²) < 4.78 is 5.83. The topological polar surface area (TPSA) is 95.9 Å². The molecule has 0 rings (SSSR count). The van der Waals surface area contributed by atoms with Crippen LogP contribution in [0.3, 0.4) is 0 Å². The molecule has 0 aromatic carbocycles. The lowest BCUT2D eigenvalue weighted by Gasteiger charge is -2.24. The molecular formula is C49H85NO5. The second-order valence-corrected chi connectivity index (χ2v) is 15.1.